The van der Waals surface area contributed by atoms with Gasteiger partial charge >= 0.3 is 0 Å². The molecule has 0 bridgehead atoms. The van der Waals surface area contributed by atoms with E-state index in [2.05, 4.69) is 25.8 Å². The van der Waals surface area contributed by atoms with Gasteiger partial charge < -0.3 is 15.4 Å². The van der Waals surface area contributed by atoms with E-state index in [4.69, 9.17) is 4.74 Å². The van der Waals surface area contributed by atoms with Crippen LogP contribution < -0.4 is 15.4 Å². The Kier molecular flexibility index (Phi) is 5.72. The zero-order chi connectivity index (χ0) is 18.2. The van der Waals surface area contributed by atoms with Gasteiger partial charge in [-0.05, 0) is 48.4 Å². The van der Waals surface area contributed by atoms with Crippen molar-refractivity contribution >= 4 is 17.5 Å². The molecule has 3 rings (SSSR count). The lowest BCUT2D eigenvalue weighted by atomic mass is 10.1. The monoisotopic (exact) mass is 349 g/mol. The number of amides is 1. The molecule has 0 saturated carbocycles. The molecule has 0 aliphatic rings. The van der Waals surface area contributed by atoms with Crippen molar-refractivity contribution in [3.8, 4) is 5.75 Å². The average molecular weight is 349 g/mol. The second kappa shape index (κ2) is 8.57. The maximum atomic E-state index is 12.0. The largest absolute Gasteiger partial charge is 0.497 e. The molecule has 0 radical (unpaired) electrons. The van der Waals surface area contributed by atoms with Crippen molar-refractivity contribution in [1.82, 2.24) is 15.2 Å². The predicted molar refractivity (Wildman–Crippen MR) is 99.4 cm³/mol. The normalized spacial score (nSPS) is 10.2. The Morgan fingerprint density at radius 1 is 1.08 bits per heavy atom. The second-order valence-electron chi connectivity index (χ2n) is 5.53. The van der Waals surface area contributed by atoms with Gasteiger partial charge in [0.05, 0.1) is 12.7 Å². The van der Waals surface area contributed by atoms with Gasteiger partial charge in [0.15, 0.2) is 5.82 Å². The minimum atomic E-state index is -0.272. The topological polar surface area (TPSA) is 89.0 Å². The first-order valence-electron chi connectivity index (χ1n) is 8.16. The van der Waals surface area contributed by atoms with E-state index in [0.29, 0.717) is 23.7 Å². The van der Waals surface area contributed by atoms with E-state index < -0.39 is 0 Å². The van der Waals surface area contributed by atoms with Crippen LogP contribution in [0.5, 0.6) is 5.75 Å². The second-order valence-corrected chi connectivity index (χ2v) is 5.53. The van der Waals surface area contributed by atoms with Crippen molar-refractivity contribution < 1.29 is 9.53 Å². The van der Waals surface area contributed by atoms with E-state index in [1.807, 2.05) is 24.3 Å². The third-order valence-electron chi connectivity index (χ3n) is 3.68. The van der Waals surface area contributed by atoms with Crippen molar-refractivity contribution in [2.75, 3.05) is 24.3 Å². The molecule has 0 spiro atoms. The SMILES string of the molecule is COc1cccc(CCNc2ccc(NC(=O)c3cccnc3)nn2)c1. The Morgan fingerprint density at radius 2 is 1.92 bits per heavy atom. The van der Waals surface area contributed by atoms with Crippen molar-refractivity contribution in [2.45, 2.75) is 6.42 Å². The number of anilines is 2. The number of ether oxygens (including phenoxy) is 1. The van der Waals surface area contributed by atoms with Crippen LogP contribution in [0, 0.1) is 0 Å². The van der Waals surface area contributed by atoms with Crippen LogP contribution in [0.15, 0.2) is 60.9 Å². The van der Waals surface area contributed by atoms with Gasteiger partial charge in [0, 0.05) is 18.9 Å². The van der Waals surface area contributed by atoms with Gasteiger partial charge in [0.2, 0.25) is 0 Å². The summed E-state index contributed by atoms with van der Waals surface area (Å²) in [6, 6.07) is 14.8. The van der Waals surface area contributed by atoms with Crippen LogP contribution in [0.4, 0.5) is 11.6 Å². The molecule has 26 heavy (non-hydrogen) atoms. The molecule has 7 nitrogen and oxygen atoms in total. The standard InChI is InChI=1S/C19H19N5O2/c1-26-16-6-2-4-14(12-16)9-11-21-17-7-8-18(24-23-17)22-19(25)15-5-3-10-20-13-15/h2-8,10,12-13H,9,11H2,1H3,(H,21,23)(H,22,24,25). The predicted octanol–water partition coefficient (Wildman–Crippen LogP) is 2.79. The molecule has 1 aromatic carbocycles. The first-order valence-corrected chi connectivity index (χ1v) is 8.16. The lowest BCUT2D eigenvalue weighted by molar-refractivity contribution is 0.102. The number of carbonyl (C=O) groups excluding carboxylic acids is 1. The van der Waals surface area contributed by atoms with E-state index in [9.17, 15) is 4.79 Å². The molecule has 0 atom stereocenters. The molecule has 0 aliphatic heterocycles. The lowest BCUT2D eigenvalue weighted by Gasteiger charge is -2.07. The summed E-state index contributed by atoms with van der Waals surface area (Å²) >= 11 is 0. The van der Waals surface area contributed by atoms with Crippen molar-refractivity contribution in [3.63, 3.8) is 0 Å². The first kappa shape index (κ1) is 17.3. The van der Waals surface area contributed by atoms with Crippen molar-refractivity contribution in [1.29, 1.82) is 0 Å². The molecule has 0 unspecified atom stereocenters. The Balaban J connectivity index is 1.50. The first-order chi connectivity index (χ1) is 12.7. The van der Waals surface area contributed by atoms with Gasteiger partial charge in [0.25, 0.3) is 5.91 Å². The summed E-state index contributed by atoms with van der Waals surface area (Å²) in [5, 5.41) is 14.0. The smallest absolute Gasteiger partial charge is 0.258 e. The summed E-state index contributed by atoms with van der Waals surface area (Å²) in [5.41, 5.74) is 1.64. The highest BCUT2D eigenvalue weighted by Crippen LogP contribution is 2.13. The van der Waals surface area contributed by atoms with Crippen molar-refractivity contribution in [3.05, 3.63) is 72.1 Å². The molecule has 2 heterocycles. The highest BCUT2D eigenvalue weighted by atomic mass is 16.5. The maximum absolute atomic E-state index is 12.0. The minimum absolute atomic E-state index is 0.272. The number of rotatable bonds is 7. The fourth-order valence-corrected chi connectivity index (χ4v) is 2.34. The van der Waals surface area contributed by atoms with E-state index in [1.165, 1.54) is 11.8 Å². The number of nitrogens with one attached hydrogen (secondary N) is 2. The van der Waals surface area contributed by atoms with E-state index >= 15 is 0 Å². The highest BCUT2D eigenvalue weighted by Gasteiger charge is 2.07. The van der Waals surface area contributed by atoms with Crippen LogP contribution in [0.3, 0.4) is 0 Å². The van der Waals surface area contributed by atoms with E-state index in [0.717, 1.165) is 12.2 Å². The van der Waals surface area contributed by atoms with Gasteiger partial charge in [-0.2, -0.15) is 0 Å². The summed E-state index contributed by atoms with van der Waals surface area (Å²) in [4.78, 5) is 16.0. The van der Waals surface area contributed by atoms with E-state index in [-0.39, 0.29) is 5.91 Å². The Bertz CT molecular complexity index is 853. The van der Waals surface area contributed by atoms with Crippen LogP contribution in [0.2, 0.25) is 0 Å². The molecule has 132 valence electrons. The number of hydrogen-bond donors (Lipinski definition) is 2. The molecule has 2 aromatic heterocycles. The molecule has 7 heteroatoms. The van der Waals surface area contributed by atoms with Gasteiger partial charge in [0.1, 0.15) is 11.6 Å². The fourth-order valence-electron chi connectivity index (χ4n) is 2.34. The van der Waals surface area contributed by atoms with Crippen molar-refractivity contribution in [2.24, 2.45) is 0 Å². The number of carbonyl (C=O) groups is 1. The van der Waals surface area contributed by atoms with Crippen LogP contribution in [0.25, 0.3) is 0 Å². The molecular weight excluding hydrogens is 330 g/mol. The maximum Gasteiger partial charge on any atom is 0.258 e. The number of nitrogens with zero attached hydrogens (tertiary/aromatic N) is 3. The molecule has 1 amide bonds. The van der Waals surface area contributed by atoms with Gasteiger partial charge in [-0.3, -0.25) is 9.78 Å². The van der Waals surface area contributed by atoms with E-state index in [1.54, 1.807) is 37.6 Å². The minimum Gasteiger partial charge on any atom is -0.497 e. The van der Waals surface area contributed by atoms with Crippen LogP contribution in [0.1, 0.15) is 15.9 Å². The number of pyridine rings is 1. The van der Waals surface area contributed by atoms with Crippen LogP contribution >= 0.6 is 0 Å². The average Bonchev–Trinajstić information content (AvgIpc) is 2.70. The van der Waals surface area contributed by atoms with Gasteiger partial charge in [-0.1, -0.05) is 12.1 Å². The molecule has 2 N–H and O–H groups in total. The fraction of sp³-hybridized carbons (Fsp3) is 0.158. The quantitative estimate of drug-likeness (QED) is 0.682. The Labute approximate surface area is 151 Å². The summed E-state index contributed by atoms with van der Waals surface area (Å²) in [6.45, 7) is 0.712. The molecule has 0 aliphatic carbocycles. The number of hydrogen-bond acceptors (Lipinski definition) is 6. The van der Waals surface area contributed by atoms with Crippen LogP contribution in [-0.2, 0) is 6.42 Å². The van der Waals surface area contributed by atoms with Gasteiger partial charge in [-0.15, -0.1) is 10.2 Å². The lowest BCUT2D eigenvalue weighted by Crippen LogP contribution is -2.14. The number of benzene rings is 1. The third kappa shape index (κ3) is 4.76. The highest BCUT2D eigenvalue weighted by molar-refractivity contribution is 6.03. The number of aromatic nitrogens is 3. The zero-order valence-corrected chi connectivity index (χ0v) is 14.3. The molecular formula is C19H19N5O2. The molecule has 3 aromatic rings. The molecule has 0 fully saturated rings. The third-order valence-corrected chi connectivity index (χ3v) is 3.68. The zero-order valence-electron chi connectivity index (χ0n) is 14.3. The van der Waals surface area contributed by atoms with Crippen LogP contribution in [-0.4, -0.2) is 34.7 Å². The summed E-state index contributed by atoms with van der Waals surface area (Å²) in [5.74, 6) is 1.60. The number of methoxy groups -OCH3 is 1. The molecule has 0 saturated heterocycles. The Hall–Kier alpha value is -3.48. The summed E-state index contributed by atoms with van der Waals surface area (Å²) in [6.07, 6.45) is 3.94. The summed E-state index contributed by atoms with van der Waals surface area (Å²) in [7, 11) is 1.65. The Morgan fingerprint density at radius 3 is 2.65 bits per heavy atom. The summed E-state index contributed by atoms with van der Waals surface area (Å²) < 4.78 is 5.22. The van der Waals surface area contributed by atoms with Gasteiger partial charge in [-0.25, -0.2) is 0 Å².